The molecule has 0 saturated carbocycles. The third-order valence-corrected chi connectivity index (χ3v) is 3.60. The molecule has 0 aliphatic heterocycles. The largest absolute Gasteiger partial charge is 0.459 e. The molecule has 20 heavy (non-hydrogen) atoms. The van der Waals surface area contributed by atoms with Crippen LogP contribution in [-0.2, 0) is 9.31 Å². The van der Waals surface area contributed by atoms with Gasteiger partial charge in [0.05, 0.1) is 0 Å². The maximum Gasteiger partial charge on any atom is 0.459 e. The third-order valence-electron chi connectivity index (χ3n) is 3.60. The first-order valence-electron chi connectivity index (χ1n) is 8.95. The molecule has 2 nitrogen and oxygen atoms in total. The van der Waals surface area contributed by atoms with Gasteiger partial charge in [0.25, 0.3) is 0 Å². The summed E-state index contributed by atoms with van der Waals surface area (Å²) in [7, 11) is -0.00708. The molecule has 0 N–H and O–H groups in total. The van der Waals surface area contributed by atoms with Crippen LogP contribution < -0.4 is 0 Å². The second-order valence-electron chi connectivity index (χ2n) is 6.18. The van der Waals surface area contributed by atoms with E-state index in [-0.39, 0.29) is 7.12 Å². The van der Waals surface area contributed by atoms with Gasteiger partial charge in [-0.25, -0.2) is 0 Å². The van der Waals surface area contributed by atoms with Gasteiger partial charge in [-0.3, -0.25) is 0 Å². The highest BCUT2D eigenvalue weighted by Crippen LogP contribution is 2.13. The summed E-state index contributed by atoms with van der Waals surface area (Å²) in [5.41, 5.74) is 0. The number of hydrogen-bond acceptors (Lipinski definition) is 2. The lowest BCUT2D eigenvalue weighted by Gasteiger charge is -2.17. The average Bonchev–Trinajstić information content (AvgIpc) is 2.43. The van der Waals surface area contributed by atoms with Crippen LogP contribution in [-0.4, -0.2) is 20.3 Å². The molecule has 0 spiro atoms. The van der Waals surface area contributed by atoms with Crippen LogP contribution in [0, 0.1) is 0 Å². The van der Waals surface area contributed by atoms with Gasteiger partial charge in [-0.1, -0.05) is 79.1 Å². The van der Waals surface area contributed by atoms with Crippen molar-refractivity contribution in [2.24, 2.45) is 0 Å². The van der Waals surface area contributed by atoms with Gasteiger partial charge in [0.2, 0.25) is 0 Å². The molecule has 0 fully saturated rings. The Kier molecular flexibility index (Phi) is 15.4. The third kappa shape index (κ3) is 13.0. The van der Waals surface area contributed by atoms with Crippen molar-refractivity contribution in [3.05, 3.63) is 0 Å². The normalized spacial score (nSPS) is 11.2. The lowest BCUT2D eigenvalue weighted by molar-refractivity contribution is 0.183. The van der Waals surface area contributed by atoms with Crippen molar-refractivity contribution in [3.63, 3.8) is 0 Å². The van der Waals surface area contributed by atoms with E-state index in [4.69, 9.17) is 9.31 Å². The van der Waals surface area contributed by atoms with Crippen molar-refractivity contribution < 1.29 is 9.31 Å². The standard InChI is InChI=1S/C17H37BO2/c1-5-7-9-11-13-15-19-18(17(3)4)20-16-14-12-10-8-6-2/h17H,5-16H2,1-4H3. The Labute approximate surface area is 128 Å². The van der Waals surface area contributed by atoms with Crippen LogP contribution in [0.4, 0.5) is 0 Å². The zero-order chi connectivity index (χ0) is 15.1. The highest BCUT2D eigenvalue weighted by atomic mass is 16.6. The van der Waals surface area contributed by atoms with E-state index in [0.29, 0.717) is 5.82 Å². The zero-order valence-electron chi connectivity index (χ0n) is 14.5. The van der Waals surface area contributed by atoms with Gasteiger partial charge >= 0.3 is 7.12 Å². The molecule has 0 aromatic rings. The molecule has 120 valence electrons. The Bertz CT molecular complexity index is 170. The summed E-state index contributed by atoms with van der Waals surface area (Å²) in [6, 6.07) is 0. The molecule has 3 heteroatoms. The molecule has 0 unspecified atom stereocenters. The minimum atomic E-state index is -0.00708. The molecule has 0 radical (unpaired) electrons. The van der Waals surface area contributed by atoms with Crippen LogP contribution in [0.25, 0.3) is 0 Å². The monoisotopic (exact) mass is 284 g/mol. The van der Waals surface area contributed by atoms with E-state index in [1.807, 2.05) is 0 Å². The van der Waals surface area contributed by atoms with Crippen LogP contribution in [0.3, 0.4) is 0 Å². The smallest absolute Gasteiger partial charge is 0.411 e. The molecular weight excluding hydrogens is 247 g/mol. The van der Waals surface area contributed by atoms with E-state index in [0.717, 1.165) is 13.2 Å². The van der Waals surface area contributed by atoms with E-state index in [9.17, 15) is 0 Å². The molecule has 0 saturated heterocycles. The Morgan fingerprint density at radius 2 is 1.05 bits per heavy atom. The SMILES string of the molecule is CCCCCCCOB(OCCCCCCC)C(C)C. The summed E-state index contributed by atoms with van der Waals surface area (Å²) < 4.78 is 11.8. The summed E-state index contributed by atoms with van der Waals surface area (Å²) in [5.74, 6) is 0.446. The molecular formula is C17H37BO2. The van der Waals surface area contributed by atoms with Gasteiger partial charge < -0.3 is 9.31 Å². The topological polar surface area (TPSA) is 18.5 Å². The number of rotatable bonds is 15. The van der Waals surface area contributed by atoms with Crippen molar-refractivity contribution in [2.75, 3.05) is 13.2 Å². The molecule has 0 amide bonds. The molecule has 0 aliphatic rings. The summed E-state index contributed by atoms with van der Waals surface area (Å²) in [6.45, 7) is 10.6. The van der Waals surface area contributed by atoms with E-state index >= 15 is 0 Å². The second-order valence-corrected chi connectivity index (χ2v) is 6.18. The highest BCUT2D eigenvalue weighted by Gasteiger charge is 2.22. The Hall–Kier alpha value is -0.0151. The van der Waals surface area contributed by atoms with Gasteiger partial charge in [0.1, 0.15) is 0 Å². The van der Waals surface area contributed by atoms with Crippen LogP contribution in [0.15, 0.2) is 0 Å². The van der Waals surface area contributed by atoms with Gasteiger partial charge in [-0.2, -0.15) is 0 Å². The lowest BCUT2D eigenvalue weighted by atomic mass is 9.74. The predicted molar refractivity (Wildman–Crippen MR) is 90.3 cm³/mol. The first kappa shape index (κ1) is 20.0. The molecule has 0 aliphatic carbocycles. The van der Waals surface area contributed by atoms with Crippen LogP contribution in [0.1, 0.15) is 91.9 Å². The van der Waals surface area contributed by atoms with Crippen LogP contribution in [0.5, 0.6) is 0 Å². The minimum Gasteiger partial charge on any atom is -0.411 e. The fourth-order valence-electron chi connectivity index (χ4n) is 2.24. The fraction of sp³-hybridized carbons (Fsp3) is 1.00. The summed E-state index contributed by atoms with van der Waals surface area (Å²) >= 11 is 0. The summed E-state index contributed by atoms with van der Waals surface area (Å²) in [5, 5.41) is 0. The zero-order valence-corrected chi connectivity index (χ0v) is 14.5. The molecule has 0 rings (SSSR count). The first-order valence-corrected chi connectivity index (χ1v) is 8.95. The maximum absolute atomic E-state index is 5.89. The Morgan fingerprint density at radius 3 is 1.40 bits per heavy atom. The maximum atomic E-state index is 5.89. The van der Waals surface area contributed by atoms with Gasteiger partial charge in [0.15, 0.2) is 0 Å². The van der Waals surface area contributed by atoms with E-state index in [1.54, 1.807) is 0 Å². The lowest BCUT2D eigenvalue weighted by Crippen LogP contribution is -2.27. The first-order chi connectivity index (χ1) is 9.72. The quantitative estimate of drug-likeness (QED) is 0.277. The van der Waals surface area contributed by atoms with Gasteiger partial charge in [-0.05, 0) is 18.7 Å². The van der Waals surface area contributed by atoms with E-state index in [2.05, 4.69) is 27.7 Å². The molecule has 0 aromatic heterocycles. The number of hydrogen-bond donors (Lipinski definition) is 0. The van der Waals surface area contributed by atoms with E-state index in [1.165, 1.54) is 64.2 Å². The molecule has 0 atom stereocenters. The predicted octanol–water partition coefficient (Wildman–Crippen LogP) is 5.86. The van der Waals surface area contributed by atoms with Crippen molar-refractivity contribution in [1.29, 1.82) is 0 Å². The summed E-state index contributed by atoms with van der Waals surface area (Å²) in [4.78, 5) is 0. The fourth-order valence-corrected chi connectivity index (χ4v) is 2.24. The average molecular weight is 284 g/mol. The summed E-state index contributed by atoms with van der Waals surface area (Å²) in [6.07, 6.45) is 12.9. The number of unbranched alkanes of at least 4 members (excludes halogenated alkanes) is 8. The van der Waals surface area contributed by atoms with Crippen LogP contribution in [0.2, 0.25) is 5.82 Å². The Balaban J connectivity index is 3.51. The highest BCUT2D eigenvalue weighted by molar-refractivity contribution is 6.46. The molecule has 0 aromatic carbocycles. The second kappa shape index (κ2) is 15.4. The van der Waals surface area contributed by atoms with Crippen molar-refractivity contribution in [2.45, 2.75) is 97.7 Å². The van der Waals surface area contributed by atoms with Crippen molar-refractivity contribution in [1.82, 2.24) is 0 Å². The molecule has 0 bridgehead atoms. The van der Waals surface area contributed by atoms with Gasteiger partial charge in [0, 0.05) is 13.2 Å². The minimum absolute atomic E-state index is 0.00708. The van der Waals surface area contributed by atoms with Gasteiger partial charge in [-0.15, -0.1) is 0 Å². The molecule has 0 heterocycles. The van der Waals surface area contributed by atoms with Crippen molar-refractivity contribution in [3.8, 4) is 0 Å². The van der Waals surface area contributed by atoms with Crippen LogP contribution >= 0.6 is 0 Å². The van der Waals surface area contributed by atoms with Crippen molar-refractivity contribution >= 4 is 7.12 Å². The Morgan fingerprint density at radius 1 is 0.650 bits per heavy atom. The van der Waals surface area contributed by atoms with E-state index < -0.39 is 0 Å².